The van der Waals surface area contributed by atoms with E-state index >= 15 is 0 Å². The molecule has 3 aromatic rings. The fourth-order valence-corrected chi connectivity index (χ4v) is 4.99. The fraction of sp³-hybridized carbons (Fsp3) is 0.360. The summed E-state index contributed by atoms with van der Waals surface area (Å²) in [5.74, 6) is 0. The lowest BCUT2D eigenvalue weighted by Crippen LogP contribution is -2.31. The summed E-state index contributed by atoms with van der Waals surface area (Å²) in [4.78, 5) is 6.83. The summed E-state index contributed by atoms with van der Waals surface area (Å²) in [7, 11) is 0. The lowest BCUT2D eigenvalue weighted by molar-refractivity contribution is 0.247. The highest BCUT2D eigenvalue weighted by atomic mass is 32.1. The van der Waals surface area contributed by atoms with Gasteiger partial charge in [-0.05, 0) is 87.3 Å². The number of aromatic nitrogens is 2. The molecule has 0 radical (unpaired) electrons. The van der Waals surface area contributed by atoms with E-state index in [9.17, 15) is 5.11 Å². The molecular weight excluding hydrogens is 404 g/mol. The number of hydrogen-bond acceptors (Lipinski definition) is 3. The van der Waals surface area contributed by atoms with Crippen LogP contribution in [0.5, 0.6) is 0 Å². The maximum atomic E-state index is 9.45. The highest BCUT2D eigenvalue weighted by molar-refractivity contribution is 7.80. The average molecular weight is 435 g/mol. The van der Waals surface area contributed by atoms with E-state index in [1.54, 1.807) is 0 Å². The third kappa shape index (κ3) is 3.86. The predicted octanol–water partition coefficient (Wildman–Crippen LogP) is 4.46. The lowest BCUT2D eigenvalue weighted by Gasteiger charge is -2.28. The van der Waals surface area contributed by atoms with Crippen LogP contribution < -0.4 is 5.32 Å². The maximum absolute atomic E-state index is 9.45. The monoisotopic (exact) mass is 434 g/mol. The molecule has 5 nitrogen and oxygen atoms in total. The number of thiocarbonyl (C=S) groups is 1. The maximum Gasteiger partial charge on any atom is 0.170 e. The van der Waals surface area contributed by atoms with Crippen LogP contribution in [0, 0.1) is 27.7 Å². The van der Waals surface area contributed by atoms with Crippen LogP contribution in [0.15, 0.2) is 48.7 Å². The minimum atomic E-state index is -0.0417. The molecule has 1 fully saturated rings. The molecule has 0 aliphatic carbocycles. The first kappa shape index (κ1) is 21.5. The van der Waals surface area contributed by atoms with Gasteiger partial charge in [0.05, 0.1) is 17.8 Å². The molecule has 1 aliphatic heterocycles. The SMILES string of the molecule is Cc1cccc(-n2c(C)cc(C3C(c4ccccn4)NC(=S)N3CCCO)c2C)c1C. The van der Waals surface area contributed by atoms with Crippen molar-refractivity contribution in [2.75, 3.05) is 13.2 Å². The third-order valence-corrected chi connectivity index (χ3v) is 6.71. The average Bonchev–Trinajstić information content (AvgIpc) is 3.24. The molecule has 162 valence electrons. The van der Waals surface area contributed by atoms with Crippen LogP contribution in [-0.4, -0.2) is 37.8 Å². The largest absolute Gasteiger partial charge is 0.396 e. The molecule has 0 spiro atoms. The number of nitrogens with zero attached hydrogens (tertiary/aromatic N) is 3. The van der Waals surface area contributed by atoms with Crippen molar-refractivity contribution in [1.29, 1.82) is 0 Å². The third-order valence-electron chi connectivity index (χ3n) is 6.36. The zero-order valence-electron chi connectivity index (χ0n) is 18.6. The number of rotatable bonds is 6. The van der Waals surface area contributed by atoms with Crippen molar-refractivity contribution in [3.8, 4) is 5.69 Å². The summed E-state index contributed by atoms with van der Waals surface area (Å²) in [5, 5.41) is 13.7. The van der Waals surface area contributed by atoms with Gasteiger partial charge in [-0.2, -0.15) is 0 Å². The van der Waals surface area contributed by atoms with E-state index in [0.717, 1.165) is 5.69 Å². The molecule has 2 unspecified atom stereocenters. The van der Waals surface area contributed by atoms with Gasteiger partial charge in [-0.1, -0.05) is 18.2 Å². The highest BCUT2D eigenvalue weighted by Crippen LogP contribution is 2.41. The first-order valence-corrected chi connectivity index (χ1v) is 11.2. The molecule has 3 heterocycles. The molecule has 1 aliphatic rings. The first-order valence-electron chi connectivity index (χ1n) is 10.8. The van der Waals surface area contributed by atoms with Crippen LogP contribution in [0.4, 0.5) is 0 Å². The molecule has 0 saturated carbocycles. The predicted molar refractivity (Wildman–Crippen MR) is 129 cm³/mol. The molecule has 31 heavy (non-hydrogen) atoms. The number of benzene rings is 1. The molecule has 1 saturated heterocycles. The Kier molecular flexibility index (Phi) is 6.12. The Bertz CT molecular complexity index is 1090. The van der Waals surface area contributed by atoms with Gasteiger partial charge in [0.2, 0.25) is 0 Å². The number of aliphatic hydroxyl groups excluding tert-OH is 1. The Morgan fingerprint density at radius 1 is 1.10 bits per heavy atom. The van der Waals surface area contributed by atoms with Crippen molar-refractivity contribution in [3.05, 3.63) is 82.4 Å². The highest BCUT2D eigenvalue weighted by Gasteiger charge is 2.41. The van der Waals surface area contributed by atoms with E-state index in [4.69, 9.17) is 12.2 Å². The number of hydrogen-bond donors (Lipinski definition) is 2. The Labute approximate surface area is 189 Å². The van der Waals surface area contributed by atoms with E-state index in [1.807, 2.05) is 24.4 Å². The first-order chi connectivity index (χ1) is 14.9. The molecule has 2 atom stereocenters. The normalized spacial score (nSPS) is 18.5. The quantitative estimate of drug-likeness (QED) is 0.561. The van der Waals surface area contributed by atoms with Crippen LogP contribution in [0.3, 0.4) is 0 Å². The molecule has 0 amide bonds. The lowest BCUT2D eigenvalue weighted by atomic mass is 9.96. The fourth-order valence-electron chi connectivity index (χ4n) is 4.66. The number of aliphatic hydroxyl groups is 1. The van der Waals surface area contributed by atoms with Crippen LogP contribution >= 0.6 is 12.2 Å². The molecule has 1 aromatic carbocycles. The minimum absolute atomic E-state index is 0.0130. The number of nitrogens with one attached hydrogen (secondary N) is 1. The Morgan fingerprint density at radius 2 is 1.90 bits per heavy atom. The van der Waals surface area contributed by atoms with Gasteiger partial charge in [0.15, 0.2) is 5.11 Å². The van der Waals surface area contributed by atoms with E-state index in [1.165, 1.54) is 33.8 Å². The molecule has 2 aromatic heterocycles. The second-order valence-electron chi connectivity index (χ2n) is 8.28. The van der Waals surface area contributed by atoms with Gasteiger partial charge in [-0.25, -0.2) is 0 Å². The molecular formula is C25H30N4OS. The van der Waals surface area contributed by atoms with Gasteiger partial charge in [0, 0.05) is 36.4 Å². The van der Waals surface area contributed by atoms with Gasteiger partial charge in [-0.15, -0.1) is 0 Å². The van der Waals surface area contributed by atoms with Gasteiger partial charge >= 0.3 is 0 Å². The van der Waals surface area contributed by atoms with Crippen molar-refractivity contribution in [3.63, 3.8) is 0 Å². The summed E-state index contributed by atoms with van der Waals surface area (Å²) in [6.07, 6.45) is 2.50. The summed E-state index contributed by atoms with van der Waals surface area (Å²) in [6, 6.07) is 14.7. The van der Waals surface area contributed by atoms with Gasteiger partial charge in [0.1, 0.15) is 0 Å². The Hall–Kier alpha value is -2.70. The van der Waals surface area contributed by atoms with Crippen molar-refractivity contribution >= 4 is 17.3 Å². The minimum Gasteiger partial charge on any atom is -0.396 e. The standard InChI is InChI=1S/C25H30N4OS/c1-16-9-7-11-22(18(16)3)29-17(2)15-20(19(29)4)24-23(21-10-5-6-12-26-21)27-25(31)28(24)13-8-14-30/h5-7,9-12,15,23-24,30H,8,13-14H2,1-4H3,(H,27,31). The molecule has 2 N–H and O–H groups in total. The summed E-state index contributed by atoms with van der Waals surface area (Å²) >= 11 is 5.72. The van der Waals surface area contributed by atoms with Crippen molar-refractivity contribution in [1.82, 2.24) is 19.8 Å². The Balaban J connectivity index is 1.84. The number of pyridine rings is 1. The van der Waals surface area contributed by atoms with Crippen molar-refractivity contribution in [2.24, 2.45) is 0 Å². The molecule has 6 heteroatoms. The zero-order chi connectivity index (χ0) is 22.1. The van der Waals surface area contributed by atoms with E-state index in [0.29, 0.717) is 18.1 Å². The number of aryl methyl sites for hydroxylation is 2. The zero-order valence-corrected chi connectivity index (χ0v) is 19.4. The van der Waals surface area contributed by atoms with Gasteiger partial charge < -0.3 is 19.9 Å². The van der Waals surface area contributed by atoms with Crippen LogP contribution in [0.25, 0.3) is 5.69 Å². The van der Waals surface area contributed by atoms with Crippen LogP contribution in [-0.2, 0) is 0 Å². The summed E-state index contributed by atoms with van der Waals surface area (Å²) in [5.41, 5.74) is 8.39. The second kappa shape index (κ2) is 8.81. The van der Waals surface area contributed by atoms with Gasteiger partial charge in [-0.3, -0.25) is 4.98 Å². The second-order valence-corrected chi connectivity index (χ2v) is 8.66. The van der Waals surface area contributed by atoms with E-state index in [-0.39, 0.29) is 18.7 Å². The molecule has 4 rings (SSSR count). The van der Waals surface area contributed by atoms with Gasteiger partial charge in [0.25, 0.3) is 0 Å². The van der Waals surface area contributed by atoms with Crippen LogP contribution in [0.2, 0.25) is 0 Å². The van der Waals surface area contributed by atoms with E-state index in [2.05, 4.69) is 71.7 Å². The topological polar surface area (TPSA) is 53.3 Å². The summed E-state index contributed by atoms with van der Waals surface area (Å²) < 4.78 is 2.35. The van der Waals surface area contributed by atoms with E-state index < -0.39 is 0 Å². The Morgan fingerprint density at radius 3 is 2.61 bits per heavy atom. The van der Waals surface area contributed by atoms with Crippen molar-refractivity contribution < 1.29 is 5.11 Å². The smallest absolute Gasteiger partial charge is 0.170 e. The summed E-state index contributed by atoms with van der Waals surface area (Å²) in [6.45, 7) is 9.52. The van der Waals surface area contributed by atoms with Crippen molar-refractivity contribution in [2.45, 2.75) is 46.2 Å². The van der Waals surface area contributed by atoms with Crippen LogP contribution in [0.1, 0.15) is 52.3 Å². The molecule has 0 bridgehead atoms.